The van der Waals surface area contributed by atoms with Crippen molar-refractivity contribution < 1.29 is 9.53 Å². The smallest absolute Gasteiger partial charge is 0.319 e. The third-order valence-corrected chi connectivity index (χ3v) is 5.29. The average Bonchev–Trinajstić information content (AvgIpc) is 2.63. The molecule has 7 heteroatoms. The summed E-state index contributed by atoms with van der Waals surface area (Å²) in [4.78, 5) is 18.9. The van der Waals surface area contributed by atoms with E-state index in [0.717, 1.165) is 40.2 Å². The molecule has 0 radical (unpaired) electrons. The molecule has 2 atom stereocenters. The number of carbonyl (C=O) groups excluding carboxylic acids is 1. The van der Waals surface area contributed by atoms with Crippen LogP contribution >= 0.6 is 15.9 Å². The molecule has 2 N–H and O–H groups in total. The number of morpholine rings is 1. The third kappa shape index (κ3) is 5.43. The fourth-order valence-electron chi connectivity index (χ4n) is 3.10. The number of carbonyl (C=O) groups is 1. The van der Waals surface area contributed by atoms with Gasteiger partial charge in [0.25, 0.3) is 0 Å². The lowest BCUT2D eigenvalue weighted by Gasteiger charge is -2.36. The van der Waals surface area contributed by atoms with E-state index in [2.05, 4.69) is 50.3 Å². The first-order valence-corrected chi connectivity index (χ1v) is 9.86. The number of amides is 2. The van der Waals surface area contributed by atoms with Crippen LogP contribution in [-0.4, -0.2) is 36.3 Å². The zero-order valence-electron chi connectivity index (χ0n) is 15.8. The highest BCUT2D eigenvalue weighted by Gasteiger charge is 2.22. The van der Waals surface area contributed by atoms with Crippen LogP contribution in [0.3, 0.4) is 0 Å². The van der Waals surface area contributed by atoms with Crippen LogP contribution in [-0.2, 0) is 11.3 Å². The molecule has 0 saturated carbocycles. The summed E-state index contributed by atoms with van der Waals surface area (Å²) in [7, 11) is 0. The number of aromatic nitrogens is 1. The number of hydrogen-bond acceptors (Lipinski definition) is 4. The molecule has 1 aliphatic heterocycles. The first-order valence-electron chi connectivity index (χ1n) is 9.07. The van der Waals surface area contributed by atoms with Crippen LogP contribution < -0.4 is 15.5 Å². The third-order valence-electron chi connectivity index (χ3n) is 4.44. The number of nitrogens with zero attached hydrogens (tertiary/aromatic N) is 2. The molecule has 2 aromatic rings. The maximum absolute atomic E-state index is 12.1. The number of ether oxygens (including phenoxy) is 1. The van der Waals surface area contributed by atoms with Gasteiger partial charge in [-0.15, -0.1) is 0 Å². The molecule has 0 bridgehead atoms. The van der Waals surface area contributed by atoms with E-state index in [1.807, 2.05) is 43.5 Å². The van der Waals surface area contributed by atoms with Gasteiger partial charge in [0.15, 0.2) is 0 Å². The largest absolute Gasteiger partial charge is 0.372 e. The molecule has 2 amide bonds. The van der Waals surface area contributed by atoms with Crippen molar-refractivity contribution in [2.75, 3.05) is 23.3 Å². The van der Waals surface area contributed by atoms with Gasteiger partial charge in [-0.1, -0.05) is 28.1 Å². The van der Waals surface area contributed by atoms with Gasteiger partial charge in [0.05, 0.1) is 12.2 Å². The molecule has 0 spiro atoms. The summed E-state index contributed by atoms with van der Waals surface area (Å²) in [6.07, 6.45) is 2.20. The first kappa shape index (κ1) is 19.6. The van der Waals surface area contributed by atoms with Crippen LogP contribution in [0.1, 0.15) is 25.0 Å². The van der Waals surface area contributed by atoms with E-state index in [4.69, 9.17) is 4.74 Å². The summed E-state index contributed by atoms with van der Waals surface area (Å²) >= 11 is 3.47. The van der Waals surface area contributed by atoms with Gasteiger partial charge in [-0.25, -0.2) is 9.78 Å². The second kappa shape index (κ2) is 8.71. The van der Waals surface area contributed by atoms with Crippen LogP contribution in [0.15, 0.2) is 41.0 Å². The van der Waals surface area contributed by atoms with E-state index < -0.39 is 0 Å². The van der Waals surface area contributed by atoms with Crippen molar-refractivity contribution in [1.29, 1.82) is 0 Å². The van der Waals surface area contributed by atoms with E-state index >= 15 is 0 Å². The van der Waals surface area contributed by atoms with E-state index in [1.54, 1.807) is 0 Å². The molecule has 3 rings (SSSR count). The number of benzene rings is 1. The lowest BCUT2D eigenvalue weighted by Crippen LogP contribution is -2.45. The van der Waals surface area contributed by atoms with Crippen LogP contribution in [0.4, 0.5) is 16.3 Å². The second-order valence-electron chi connectivity index (χ2n) is 6.96. The monoisotopic (exact) mass is 432 g/mol. The molecule has 0 aliphatic carbocycles. The van der Waals surface area contributed by atoms with Gasteiger partial charge in [0.2, 0.25) is 0 Å². The number of rotatable bonds is 4. The van der Waals surface area contributed by atoms with Crippen LogP contribution in [0.25, 0.3) is 0 Å². The highest BCUT2D eigenvalue weighted by Crippen LogP contribution is 2.21. The molecule has 144 valence electrons. The number of nitrogens with one attached hydrogen (secondary N) is 2. The number of aryl methyl sites for hydroxylation is 1. The quantitative estimate of drug-likeness (QED) is 0.763. The predicted octanol–water partition coefficient (Wildman–Crippen LogP) is 4.09. The van der Waals surface area contributed by atoms with Crippen molar-refractivity contribution in [1.82, 2.24) is 10.3 Å². The summed E-state index contributed by atoms with van der Waals surface area (Å²) < 4.78 is 6.73. The van der Waals surface area contributed by atoms with Gasteiger partial charge in [-0.2, -0.15) is 0 Å². The van der Waals surface area contributed by atoms with E-state index in [0.29, 0.717) is 6.54 Å². The van der Waals surface area contributed by atoms with Gasteiger partial charge in [0, 0.05) is 36.0 Å². The zero-order chi connectivity index (χ0) is 19.4. The van der Waals surface area contributed by atoms with Gasteiger partial charge < -0.3 is 20.3 Å². The Morgan fingerprint density at radius 1 is 1.26 bits per heavy atom. The molecule has 2 unspecified atom stereocenters. The Labute approximate surface area is 168 Å². The summed E-state index contributed by atoms with van der Waals surface area (Å²) in [5.41, 5.74) is 2.82. The minimum absolute atomic E-state index is 0.197. The van der Waals surface area contributed by atoms with Gasteiger partial charge >= 0.3 is 6.03 Å². The predicted molar refractivity (Wildman–Crippen MR) is 111 cm³/mol. The lowest BCUT2D eigenvalue weighted by atomic mass is 10.2. The number of halogens is 1. The van der Waals surface area contributed by atoms with Crippen LogP contribution in [0.5, 0.6) is 0 Å². The molecular weight excluding hydrogens is 408 g/mol. The Balaban J connectivity index is 1.52. The lowest BCUT2D eigenvalue weighted by molar-refractivity contribution is -0.00546. The Morgan fingerprint density at radius 2 is 2.00 bits per heavy atom. The second-order valence-corrected chi connectivity index (χ2v) is 7.81. The fraction of sp³-hybridized carbons (Fsp3) is 0.400. The normalized spacial score (nSPS) is 19.6. The number of pyridine rings is 1. The molecule has 1 aromatic heterocycles. The molecule has 27 heavy (non-hydrogen) atoms. The summed E-state index contributed by atoms with van der Waals surface area (Å²) in [6, 6.07) is 9.46. The Bertz CT molecular complexity index is 787. The summed E-state index contributed by atoms with van der Waals surface area (Å²) in [5.74, 6) is 0.940. The van der Waals surface area contributed by atoms with Crippen molar-refractivity contribution in [3.05, 3.63) is 52.1 Å². The van der Waals surface area contributed by atoms with Crippen molar-refractivity contribution in [2.45, 2.75) is 39.5 Å². The van der Waals surface area contributed by atoms with Crippen LogP contribution in [0.2, 0.25) is 0 Å². The van der Waals surface area contributed by atoms with Crippen LogP contribution in [0, 0.1) is 6.92 Å². The fourth-order valence-corrected chi connectivity index (χ4v) is 3.48. The Kier molecular flexibility index (Phi) is 6.34. The van der Waals surface area contributed by atoms with Gasteiger partial charge in [-0.3, -0.25) is 0 Å². The maximum Gasteiger partial charge on any atom is 0.319 e. The van der Waals surface area contributed by atoms with Gasteiger partial charge in [-0.05, 0) is 50.1 Å². The highest BCUT2D eigenvalue weighted by atomic mass is 79.9. The molecule has 6 nitrogen and oxygen atoms in total. The summed E-state index contributed by atoms with van der Waals surface area (Å²) in [5, 5.41) is 5.69. The topological polar surface area (TPSA) is 66.5 Å². The van der Waals surface area contributed by atoms with Crippen molar-refractivity contribution in [3.63, 3.8) is 0 Å². The summed E-state index contributed by atoms with van der Waals surface area (Å²) in [6.45, 7) is 8.25. The van der Waals surface area contributed by atoms with Gasteiger partial charge in [0.1, 0.15) is 5.82 Å². The van der Waals surface area contributed by atoms with E-state index in [9.17, 15) is 4.79 Å². The zero-order valence-corrected chi connectivity index (χ0v) is 17.4. The Morgan fingerprint density at radius 3 is 2.63 bits per heavy atom. The van der Waals surface area contributed by atoms with E-state index in [-0.39, 0.29) is 18.2 Å². The number of hydrogen-bond donors (Lipinski definition) is 2. The molecule has 1 aromatic carbocycles. The van der Waals surface area contributed by atoms with E-state index in [1.165, 1.54) is 0 Å². The molecular formula is C20H25BrN4O2. The minimum atomic E-state index is -0.245. The molecule has 1 saturated heterocycles. The SMILES string of the molecule is Cc1ccc(NC(=O)NCc2ccc(N3CC(C)OC(C)C3)nc2)cc1Br. The van der Waals surface area contributed by atoms with Crippen molar-refractivity contribution >= 4 is 33.5 Å². The van der Waals surface area contributed by atoms with Crippen molar-refractivity contribution in [3.8, 4) is 0 Å². The maximum atomic E-state index is 12.1. The molecule has 1 aliphatic rings. The highest BCUT2D eigenvalue weighted by molar-refractivity contribution is 9.10. The first-order chi connectivity index (χ1) is 12.9. The van der Waals surface area contributed by atoms with Crippen molar-refractivity contribution in [2.24, 2.45) is 0 Å². The number of urea groups is 1. The average molecular weight is 433 g/mol. The Hall–Kier alpha value is -2.12. The number of anilines is 2. The minimum Gasteiger partial charge on any atom is -0.372 e. The standard InChI is InChI=1S/C20H25BrN4O2/c1-13-4-6-17(8-18(13)21)24-20(26)23-10-16-5-7-19(22-9-16)25-11-14(2)27-15(3)12-25/h4-9,14-15H,10-12H2,1-3H3,(H2,23,24,26). The molecule has 1 fully saturated rings. The molecule has 2 heterocycles.